The van der Waals surface area contributed by atoms with Crippen LogP contribution in [-0.4, -0.2) is 54.4 Å². The van der Waals surface area contributed by atoms with Gasteiger partial charge in [-0.15, -0.1) is 0 Å². The average Bonchev–Trinajstić information content (AvgIpc) is 2.78. The molecule has 1 heterocycles. The lowest BCUT2D eigenvalue weighted by molar-refractivity contribution is 0.110. The summed E-state index contributed by atoms with van der Waals surface area (Å²) in [5.41, 5.74) is 0. The van der Waals surface area contributed by atoms with E-state index in [1.807, 2.05) is 0 Å². The van der Waals surface area contributed by atoms with E-state index in [0.717, 1.165) is 39.1 Å². The Morgan fingerprint density at radius 1 is 1.28 bits per heavy atom. The maximum Gasteiger partial charge on any atom is 0.384 e. The van der Waals surface area contributed by atoms with E-state index >= 15 is 0 Å². The summed E-state index contributed by atoms with van der Waals surface area (Å²) < 4.78 is 16.0. The Morgan fingerprint density at radius 3 is 2.72 bits per heavy atom. The van der Waals surface area contributed by atoms with Gasteiger partial charge in [0, 0.05) is 25.4 Å². The molecule has 0 aromatic rings. The molecule has 0 aliphatic carbocycles. The zero-order valence-electron chi connectivity index (χ0n) is 10.5. The Bertz CT molecular complexity index is 258. The van der Waals surface area contributed by atoms with E-state index in [1.165, 1.54) is 6.42 Å². The third-order valence-corrected chi connectivity index (χ3v) is 4.92. The molecule has 1 aliphatic heterocycles. The highest BCUT2D eigenvalue weighted by Crippen LogP contribution is 2.49. The van der Waals surface area contributed by atoms with Crippen molar-refractivity contribution < 1.29 is 19.1 Å². The molecule has 18 heavy (non-hydrogen) atoms. The van der Waals surface area contributed by atoms with Crippen LogP contribution in [0, 0.1) is 0 Å². The van der Waals surface area contributed by atoms with Gasteiger partial charge < -0.3 is 25.2 Å². The van der Waals surface area contributed by atoms with Crippen LogP contribution < -0.4 is 10.6 Å². The first-order valence-electron chi connectivity index (χ1n) is 6.31. The van der Waals surface area contributed by atoms with Gasteiger partial charge in [0.25, 0.3) is 0 Å². The van der Waals surface area contributed by atoms with Crippen molar-refractivity contribution in [2.24, 2.45) is 0 Å². The molecule has 0 spiro atoms. The van der Waals surface area contributed by atoms with Crippen LogP contribution in [0.15, 0.2) is 0 Å². The van der Waals surface area contributed by atoms with Gasteiger partial charge in [0.05, 0.1) is 6.10 Å². The van der Waals surface area contributed by atoms with Crippen LogP contribution in [0.25, 0.3) is 0 Å². The summed E-state index contributed by atoms with van der Waals surface area (Å²) in [5, 5.41) is 6.50. The Morgan fingerprint density at radius 2 is 2.06 bits per heavy atom. The highest BCUT2D eigenvalue weighted by atomic mass is 32.7. The van der Waals surface area contributed by atoms with E-state index in [2.05, 4.69) is 10.6 Å². The molecule has 1 atom stereocenters. The fraction of sp³-hybridized carbons (Fsp3) is 1.00. The monoisotopic (exact) mass is 298 g/mol. The fourth-order valence-corrected chi connectivity index (χ4v) is 3.23. The minimum Gasteiger partial charge on any atom is -0.377 e. The molecule has 0 aromatic heterocycles. The van der Waals surface area contributed by atoms with Gasteiger partial charge in [-0.1, -0.05) is 0 Å². The van der Waals surface area contributed by atoms with Gasteiger partial charge in [-0.3, -0.25) is 0 Å². The van der Waals surface area contributed by atoms with Crippen LogP contribution in [0.5, 0.6) is 0 Å². The quantitative estimate of drug-likeness (QED) is 0.346. The predicted molar refractivity (Wildman–Crippen MR) is 73.8 cm³/mol. The molecular weight excluding hydrogens is 275 g/mol. The van der Waals surface area contributed by atoms with Crippen molar-refractivity contribution in [3.8, 4) is 0 Å². The molecule has 108 valence electrons. The molecule has 0 bridgehead atoms. The van der Waals surface area contributed by atoms with Gasteiger partial charge in [0.15, 0.2) is 0 Å². The Balaban J connectivity index is 1.77. The first kappa shape index (κ1) is 16.4. The number of nitrogens with one attached hydrogen (secondary N) is 2. The van der Waals surface area contributed by atoms with Crippen LogP contribution in [0.4, 0.5) is 0 Å². The summed E-state index contributed by atoms with van der Waals surface area (Å²) in [6.45, 7) is 0.356. The Hall–Kier alpha value is 0.380. The van der Waals surface area contributed by atoms with Crippen molar-refractivity contribution in [3.05, 3.63) is 0 Å². The molecule has 1 fully saturated rings. The maximum absolute atomic E-state index is 10.5. The van der Waals surface area contributed by atoms with Gasteiger partial charge >= 0.3 is 6.80 Å². The van der Waals surface area contributed by atoms with Crippen LogP contribution in [0.3, 0.4) is 0 Å². The molecule has 0 saturated carbocycles. The lowest BCUT2D eigenvalue weighted by Crippen LogP contribution is -2.29. The van der Waals surface area contributed by atoms with Crippen LogP contribution >= 0.6 is 18.2 Å². The number of hydrogen-bond acceptors (Lipinski definition) is 5. The average molecular weight is 298 g/mol. The molecule has 1 unspecified atom stereocenters. The van der Waals surface area contributed by atoms with Gasteiger partial charge in [0.2, 0.25) is 0 Å². The number of rotatable bonds is 10. The Kier molecular flexibility index (Phi) is 8.50. The van der Waals surface area contributed by atoms with Crippen molar-refractivity contribution in [2.75, 3.05) is 38.5 Å². The largest absolute Gasteiger partial charge is 0.384 e. The summed E-state index contributed by atoms with van der Waals surface area (Å²) in [6.07, 6.45) is 3.72. The lowest BCUT2D eigenvalue weighted by atomic mass is 10.2. The number of ether oxygens (including phenoxy) is 1. The molecule has 1 aliphatic rings. The molecule has 4 N–H and O–H groups in total. The smallest absolute Gasteiger partial charge is 0.377 e. The zero-order valence-corrected chi connectivity index (χ0v) is 12.2. The van der Waals surface area contributed by atoms with Crippen molar-refractivity contribution in [3.63, 3.8) is 0 Å². The van der Waals surface area contributed by atoms with E-state index in [1.54, 1.807) is 0 Å². The summed E-state index contributed by atoms with van der Waals surface area (Å²) >= 11 is 0.691. The molecule has 1 saturated heterocycles. The summed E-state index contributed by atoms with van der Waals surface area (Å²) in [5.74, 6) is 0.438. The van der Waals surface area contributed by atoms with Gasteiger partial charge in [-0.2, -0.15) is 0 Å². The van der Waals surface area contributed by atoms with Crippen molar-refractivity contribution in [1.29, 1.82) is 0 Å². The normalized spacial score (nSPS) is 20.4. The molecule has 0 aromatic carbocycles. The second-order valence-electron chi connectivity index (χ2n) is 4.27. The molecule has 6 nitrogen and oxygen atoms in total. The summed E-state index contributed by atoms with van der Waals surface area (Å²) in [4.78, 5) is 17.2. The van der Waals surface area contributed by atoms with E-state index in [-0.39, 0.29) is 0 Å². The van der Waals surface area contributed by atoms with Crippen LogP contribution in [0.1, 0.15) is 19.3 Å². The SMILES string of the molecule is O=P(O)(O)SCCNCCCNCC1CCCO1. The van der Waals surface area contributed by atoms with Crippen molar-refractivity contribution in [1.82, 2.24) is 10.6 Å². The van der Waals surface area contributed by atoms with Crippen LogP contribution in [0.2, 0.25) is 0 Å². The zero-order chi connectivity index (χ0) is 13.3. The van der Waals surface area contributed by atoms with Gasteiger partial charge in [-0.05, 0) is 43.7 Å². The van der Waals surface area contributed by atoms with E-state index in [0.29, 0.717) is 29.8 Å². The molecular formula is C10H23N2O4PS. The minimum absolute atomic E-state index is 0.387. The standard InChI is InChI=1S/C10H23N2O4PS/c13-17(14,15)18-8-6-11-4-2-5-12-9-10-3-1-7-16-10/h10-12H,1-9H2,(H2,13,14,15). The fourth-order valence-electron chi connectivity index (χ4n) is 1.77. The third kappa shape index (κ3) is 9.33. The second-order valence-corrected chi connectivity index (χ2v) is 8.12. The third-order valence-electron chi connectivity index (χ3n) is 2.64. The highest BCUT2D eigenvalue weighted by molar-refractivity contribution is 8.54. The predicted octanol–water partition coefficient (Wildman–Crippen LogP) is 0.561. The van der Waals surface area contributed by atoms with E-state index in [4.69, 9.17) is 14.5 Å². The lowest BCUT2D eigenvalue weighted by Gasteiger charge is -2.10. The van der Waals surface area contributed by atoms with Crippen molar-refractivity contribution in [2.45, 2.75) is 25.4 Å². The summed E-state index contributed by atoms with van der Waals surface area (Å²) in [7, 11) is 0. The van der Waals surface area contributed by atoms with Gasteiger partial charge in [0.1, 0.15) is 0 Å². The Labute approximate surface area is 112 Å². The van der Waals surface area contributed by atoms with E-state index in [9.17, 15) is 4.57 Å². The second kappa shape index (κ2) is 9.31. The first-order valence-corrected chi connectivity index (χ1v) is 9.51. The molecule has 0 amide bonds. The maximum atomic E-state index is 10.5. The number of hydrogen-bond donors (Lipinski definition) is 4. The van der Waals surface area contributed by atoms with Crippen molar-refractivity contribution >= 4 is 18.2 Å². The van der Waals surface area contributed by atoms with E-state index < -0.39 is 6.80 Å². The minimum atomic E-state index is -3.89. The topological polar surface area (TPSA) is 90.8 Å². The highest BCUT2D eigenvalue weighted by Gasteiger charge is 2.14. The molecule has 1 rings (SSSR count). The first-order chi connectivity index (χ1) is 8.58. The van der Waals surface area contributed by atoms with Gasteiger partial charge in [-0.25, -0.2) is 4.57 Å². The summed E-state index contributed by atoms with van der Waals surface area (Å²) in [6, 6.07) is 0. The molecule has 8 heteroatoms. The molecule has 0 radical (unpaired) electrons. The van der Waals surface area contributed by atoms with Crippen LogP contribution in [-0.2, 0) is 9.30 Å².